The molecule has 7 heterocycles. The van der Waals surface area contributed by atoms with Crippen molar-refractivity contribution in [1.82, 2.24) is 18.9 Å². The minimum atomic E-state index is -2.29. The Kier molecular flexibility index (Phi) is 5.20. The molecule has 10 rings (SSSR count). The van der Waals surface area contributed by atoms with Crippen molar-refractivity contribution in [1.29, 1.82) is 0 Å². The lowest BCUT2D eigenvalue weighted by molar-refractivity contribution is 0.333. The van der Waals surface area contributed by atoms with Crippen molar-refractivity contribution in [2.75, 3.05) is 0 Å². The van der Waals surface area contributed by atoms with Crippen LogP contribution in [-0.4, -0.2) is 25.7 Å². The molecule has 0 fully saturated rings. The van der Waals surface area contributed by atoms with E-state index in [9.17, 15) is 0 Å². The van der Waals surface area contributed by atoms with E-state index >= 15 is 0 Å². The van der Waals surface area contributed by atoms with Crippen molar-refractivity contribution in [3.63, 3.8) is 0 Å². The van der Waals surface area contributed by atoms with Gasteiger partial charge in [0.1, 0.15) is 5.92 Å². The molecule has 0 atom stereocenters. The van der Waals surface area contributed by atoms with Gasteiger partial charge < -0.3 is 18.3 Å². The smallest absolute Gasteiger partial charge is 0.583 e. The molecule has 0 amide bonds. The van der Waals surface area contributed by atoms with E-state index in [1.807, 2.05) is 24.5 Å². The lowest BCUT2D eigenvalue weighted by Gasteiger charge is -2.54. The number of aryl methyl sites for hydroxylation is 3. The fourth-order valence-electron chi connectivity index (χ4n) is 8.18. The van der Waals surface area contributed by atoms with Crippen molar-refractivity contribution in [2.24, 2.45) is 0 Å². The monoisotopic (exact) mass is 608 g/mol. The molecule has 224 valence electrons. The molecule has 1 spiro atoms. The second-order valence-electron chi connectivity index (χ2n) is 12.9. The third kappa shape index (κ3) is 3.54. The Labute approximate surface area is 272 Å². The van der Waals surface area contributed by atoms with Crippen LogP contribution in [0.3, 0.4) is 0 Å². The summed E-state index contributed by atoms with van der Waals surface area (Å²) in [5, 5.41) is 0. The first-order valence-corrected chi connectivity index (χ1v) is 16.0. The Morgan fingerprint density at radius 2 is 1.09 bits per heavy atom. The van der Waals surface area contributed by atoms with Crippen LogP contribution in [0.25, 0.3) is 44.8 Å². The van der Waals surface area contributed by atoms with Crippen molar-refractivity contribution in [3.05, 3.63) is 161 Å². The van der Waals surface area contributed by atoms with Gasteiger partial charge in [-0.15, -0.1) is 0 Å². The van der Waals surface area contributed by atoms with Crippen LogP contribution in [0.4, 0.5) is 0 Å². The Bertz CT molecular complexity index is 2250. The maximum Gasteiger partial charge on any atom is 0.583 e. The summed E-state index contributed by atoms with van der Waals surface area (Å²) in [4.78, 5) is 8.73. The van der Waals surface area contributed by atoms with Crippen molar-refractivity contribution >= 4 is 6.82 Å². The standard InChI is InChI=1S/C40H29BN4O2/c1-24-18-25(2)39(26(3)19-24)40-35-14-12-33-31-10-8-27(29-6-4-16-42-22-29)20-37(31)46-41(44(33)35)45-34(13-15-36(40)45)32-11-9-28(21-38(32)47-41)30-7-5-17-43-23-30/h4-23H,1-3H3. The van der Waals surface area contributed by atoms with E-state index in [1.165, 1.54) is 28.2 Å². The average Bonchev–Trinajstić information content (AvgIpc) is 3.74. The van der Waals surface area contributed by atoms with Gasteiger partial charge in [-0.3, -0.25) is 9.97 Å². The molecule has 3 aliphatic heterocycles. The maximum absolute atomic E-state index is 7.30. The molecular weight excluding hydrogens is 579 g/mol. The van der Waals surface area contributed by atoms with E-state index in [-0.39, 0.29) is 0 Å². The van der Waals surface area contributed by atoms with Gasteiger partial charge in [-0.25, -0.2) is 0 Å². The molecule has 0 aliphatic carbocycles. The van der Waals surface area contributed by atoms with Gasteiger partial charge >= 0.3 is 6.82 Å². The number of benzene rings is 3. The number of fused-ring (bicyclic) bond motifs is 4. The van der Waals surface area contributed by atoms with Crippen molar-refractivity contribution in [3.8, 4) is 56.3 Å². The summed E-state index contributed by atoms with van der Waals surface area (Å²) >= 11 is 0. The molecule has 4 aromatic heterocycles. The number of rotatable bonds is 3. The molecule has 3 aliphatic rings. The van der Waals surface area contributed by atoms with E-state index in [4.69, 9.17) is 9.31 Å². The Hall–Kier alpha value is -5.95. The van der Waals surface area contributed by atoms with Crippen LogP contribution in [0.5, 0.6) is 11.5 Å². The van der Waals surface area contributed by atoms with Crippen molar-refractivity contribution in [2.45, 2.75) is 20.8 Å². The second-order valence-corrected chi connectivity index (χ2v) is 12.9. The van der Waals surface area contributed by atoms with Gasteiger partial charge in [0.25, 0.3) is 0 Å². The zero-order valence-electron chi connectivity index (χ0n) is 26.2. The summed E-state index contributed by atoms with van der Waals surface area (Å²) in [6.45, 7) is 4.31. The van der Waals surface area contributed by atoms with Crippen LogP contribution in [-0.2, 0) is 0 Å². The summed E-state index contributed by atoms with van der Waals surface area (Å²) < 4.78 is 19.2. The Balaban J connectivity index is 1.26. The van der Waals surface area contributed by atoms with E-state index < -0.39 is 6.82 Å². The molecule has 47 heavy (non-hydrogen) atoms. The molecule has 7 heteroatoms. The number of hydrogen-bond acceptors (Lipinski definition) is 4. The molecular formula is C40H29BN4O2. The molecule has 7 aromatic rings. The normalized spacial score (nSPS) is 14.3. The second kappa shape index (κ2) is 9.30. The zero-order valence-corrected chi connectivity index (χ0v) is 26.2. The fraction of sp³-hybridized carbons (Fsp3) is 0.0750. The van der Waals surface area contributed by atoms with E-state index in [0.717, 1.165) is 67.7 Å². The lowest BCUT2D eigenvalue weighted by Crippen LogP contribution is -2.67. The average molecular weight is 609 g/mol. The minimum absolute atomic E-state index is 0.784. The van der Waals surface area contributed by atoms with Crippen LogP contribution in [0, 0.1) is 26.7 Å². The van der Waals surface area contributed by atoms with Gasteiger partial charge in [0, 0.05) is 81.7 Å². The molecule has 0 bridgehead atoms. The van der Waals surface area contributed by atoms with Gasteiger partial charge in [-0.05, 0) is 98.1 Å². The van der Waals surface area contributed by atoms with Crippen molar-refractivity contribution < 1.29 is 9.31 Å². The van der Waals surface area contributed by atoms with Crippen LogP contribution < -0.4 is 9.31 Å². The Morgan fingerprint density at radius 1 is 0.574 bits per heavy atom. The molecule has 0 saturated heterocycles. The summed E-state index contributed by atoms with van der Waals surface area (Å²) in [5.74, 6) is 2.76. The van der Waals surface area contributed by atoms with Crippen LogP contribution in [0.2, 0.25) is 0 Å². The first kappa shape index (κ1) is 26.3. The topological polar surface area (TPSA) is 54.1 Å². The fourth-order valence-corrected chi connectivity index (χ4v) is 8.18. The molecule has 3 aromatic carbocycles. The van der Waals surface area contributed by atoms with E-state index in [1.54, 1.807) is 12.4 Å². The molecule has 0 radical (unpaired) electrons. The quantitative estimate of drug-likeness (QED) is 0.149. The minimum Gasteiger partial charge on any atom is -0.645 e. The van der Waals surface area contributed by atoms with Gasteiger partial charge in [-0.1, -0.05) is 24.3 Å². The zero-order chi connectivity index (χ0) is 31.4. The third-order valence-electron chi connectivity index (χ3n) is 9.99. The number of pyridine rings is 2. The van der Waals surface area contributed by atoms with E-state index in [2.05, 4.69) is 125 Å². The Morgan fingerprint density at radius 3 is 1.55 bits per heavy atom. The first-order chi connectivity index (χ1) is 23.0. The van der Waals surface area contributed by atoms with Crippen LogP contribution in [0.15, 0.2) is 122 Å². The maximum atomic E-state index is 7.30. The van der Waals surface area contributed by atoms with Gasteiger partial charge in [-0.2, -0.15) is 0 Å². The first-order valence-electron chi connectivity index (χ1n) is 16.0. The largest absolute Gasteiger partial charge is 0.645 e. The van der Waals surface area contributed by atoms with Gasteiger partial charge in [0.15, 0.2) is 0 Å². The predicted octanol–water partition coefficient (Wildman–Crippen LogP) is 8.62. The highest BCUT2D eigenvalue weighted by Gasteiger charge is 2.55. The molecule has 0 saturated carbocycles. The van der Waals surface area contributed by atoms with E-state index in [0.29, 0.717) is 0 Å². The lowest BCUT2D eigenvalue weighted by atomic mass is 9.73. The van der Waals surface area contributed by atoms with Crippen LogP contribution in [0.1, 0.15) is 33.6 Å². The highest BCUT2D eigenvalue weighted by molar-refractivity contribution is 6.68. The number of hydrogen-bond donors (Lipinski definition) is 0. The summed E-state index contributed by atoms with van der Waals surface area (Å²) in [6, 6.07) is 34.4. The highest BCUT2D eigenvalue weighted by atomic mass is 16.6. The number of nitrogens with zero attached hydrogens (tertiary/aromatic N) is 4. The third-order valence-corrected chi connectivity index (χ3v) is 9.99. The predicted molar refractivity (Wildman–Crippen MR) is 185 cm³/mol. The molecule has 0 N–H and O–H groups in total. The highest BCUT2D eigenvalue weighted by Crippen LogP contribution is 2.53. The summed E-state index contributed by atoms with van der Waals surface area (Å²) in [5.41, 5.74) is 15.5. The van der Waals surface area contributed by atoms with Gasteiger partial charge in [0.2, 0.25) is 0 Å². The SMILES string of the molecule is Cc1cc(C)c([C+]2c3ccc4n3[B-]3(Oc5cc(-c6cccnc6)ccc5-4)Oc4cc(-c5cccnc5)ccc4-c4ccc2n43)c(C)c1. The van der Waals surface area contributed by atoms with Crippen LogP contribution >= 0.6 is 0 Å². The summed E-state index contributed by atoms with van der Waals surface area (Å²) in [6.07, 6.45) is 7.37. The van der Waals surface area contributed by atoms with Gasteiger partial charge in [0.05, 0.1) is 28.5 Å². The summed E-state index contributed by atoms with van der Waals surface area (Å²) in [7, 11) is 0. The molecule has 6 nitrogen and oxygen atoms in total. The number of aromatic nitrogens is 4. The molecule has 0 unspecified atom stereocenters.